The normalized spacial score (nSPS) is 21.1. The largest absolute Gasteiger partial charge is 0.504 e. The van der Waals surface area contributed by atoms with Gasteiger partial charge in [-0.15, -0.1) is 0 Å². The molecule has 1 aromatic rings. The molecule has 0 amide bonds. The van der Waals surface area contributed by atoms with E-state index in [2.05, 4.69) is 0 Å². The lowest BCUT2D eigenvalue weighted by atomic mass is 9.91. The summed E-state index contributed by atoms with van der Waals surface area (Å²) in [7, 11) is 0. The molecule has 80 valence electrons. The van der Waals surface area contributed by atoms with Gasteiger partial charge in [0.15, 0.2) is 11.5 Å². The van der Waals surface area contributed by atoms with Crippen LogP contribution in [-0.4, -0.2) is 22.8 Å². The second kappa shape index (κ2) is 3.81. The SMILES string of the molecule is O=C1CC(c2ccc(O)c(O)c2)CCO1. The van der Waals surface area contributed by atoms with Gasteiger partial charge in [-0.05, 0) is 30.0 Å². The number of esters is 1. The first-order valence-electron chi connectivity index (χ1n) is 4.84. The lowest BCUT2D eigenvalue weighted by Crippen LogP contribution is -2.19. The van der Waals surface area contributed by atoms with Crippen molar-refractivity contribution >= 4 is 5.97 Å². The monoisotopic (exact) mass is 208 g/mol. The van der Waals surface area contributed by atoms with Crippen molar-refractivity contribution in [3.05, 3.63) is 23.8 Å². The topological polar surface area (TPSA) is 66.8 Å². The molecule has 0 radical (unpaired) electrons. The Morgan fingerprint density at radius 2 is 2.07 bits per heavy atom. The molecule has 4 heteroatoms. The van der Waals surface area contributed by atoms with E-state index in [4.69, 9.17) is 9.84 Å². The molecule has 4 nitrogen and oxygen atoms in total. The Labute approximate surface area is 87.1 Å². The van der Waals surface area contributed by atoms with Gasteiger partial charge in [-0.2, -0.15) is 0 Å². The molecule has 1 atom stereocenters. The smallest absolute Gasteiger partial charge is 0.306 e. The number of carbonyl (C=O) groups is 1. The van der Waals surface area contributed by atoms with Crippen molar-refractivity contribution in [3.8, 4) is 11.5 Å². The average Bonchev–Trinajstić information content (AvgIpc) is 2.22. The first kappa shape index (κ1) is 9.83. The van der Waals surface area contributed by atoms with Crippen LogP contribution >= 0.6 is 0 Å². The van der Waals surface area contributed by atoms with Crippen molar-refractivity contribution in [3.63, 3.8) is 0 Å². The molecule has 0 aliphatic carbocycles. The summed E-state index contributed by atoms with van der Waals surface area (Å²) < 4.78 is 4.83. The molecule has 0 spiro atoms. The zero-order valence-corrected chi connectivity index (χ0v) is 8.14. The number of benzene rings is 1. The fraction of sp³-hybridized carbons (Fsp3) is 0.364. The summed E-state index contributed by atoms with van der Waals surface area (Å²) in [6.07, 6.45) is 1.10. The second-order valence-electron chi connectivity index (χ2n) is 3.66. The van der Waals surface area contributed by atoms with Crippen LogP contribution in [0.3, 0.4) is 0 Å². The maximum atomic E-state index is 11.1. The Balaban J connectivity index is 2.21. The lowest BCUT2D eigenvalue weighted by molar-refractivity contribution is -0.147. The summed E-state index contributed by atoms with van der Waals surface area (Å²) in [6.45, 7) is 0.422. The number of hydrogen-bond donors (Lipinski definition) is 2. The summed E-state index contributed by atoms with van der Waals surface area (Å²) >= 11 is 0. The van der Waals surface area contributed by atoms with Crippen LogP contribution in [0, 0.1) is 0 Å². The van der Waals surface area contributed by atoms with Crippen LogP contribution in [0.25, 0.3) is 0 Å². The first-order valence-corrected chi connectivity index (χ1v) is 4.84. The van der Waals surface area contributed by atoms with E-state index in [0.29, 0.717) is 13.0 Å². The Morgan fingerprint density at radius 1 is 1.27 bits per heavy atom. The molecule has 2 rings (SSSR count). The van der Waals surface area contributed by atoms with Crippen LogP contribution in [0.4, 0.5) is 0 Å². The van der Waals surface area contributed by atoms with Crippen molar-refractivity contribution in [2.24, 2.45) is 0 Å². The van der Waals surface area contributed by atoms with Crippen LogP contribution < -0.4 is 0 Å². The second-order valence-corrected chi connectivity index (χ2v) is 3.66. The van der Waals surface area contributed by atoms with Gasteiger partial charge in [0.05, 0.1) is 13.0 Å². The highest BCUT2D eigenvalue weighted by molar-refractivity contribution is 5.71. The van der Waals surface area contributed by atoms with Gasteiger partial charge >= 0.3 is 5.97 Å². The Bertz CT molecular complexity index is 386. The van der Waals surface area contributed by atoms with E-state index in [9.17, 15) is 9.90 Å². The van der Waals surface area contributed by atoms with Crippen molar-refractivity contribution < 1.29 is 19.7 Å². The molecule has 1 unspecified atom stereocenters. The van der Waals surface area contributed by atoms with E-state index in [1.165, 1.54) is 12.1 Å². The van der Waals surface area contributed by atoms with E-state index in [-0.39, 0.29) is 23.4 Å². The zero-order valence-electron chi connectivity index (χ0n) is 8.14. The highest BCUT2D eigenvalue weighted by Crippen LogP contribution is 2.33. The third-order valence-corrected chi connectivity index (χ3v) is 2.61. The Morgan fingerprint density at radius 3 is 2.73 bits per heavy atom. The molecule has 1 aliphatic rings. The minimum atomic E-state index is -0.209. The number of rotatable bonds is 1. The molecule has 0 bridgehead atoms. The minimum absolute atomic E-state index is 0.0812. The van der Waals surface area contributed by atoms with Crippen LogP contribution in [0.2, 0.25) is 0 Å². The standard InChI is InChI=1S/C11H12O4/c12-9-2-1-7(5-10(9)13)8-3-4-15-11(14)6-8/h1-2,5,8,12-13H,3-4,6H2. The van der Waals surface area contributed by atoms with E-state index in [1.54, 1.807) is 6.07 Å². The number of cyclic esters (lactones) is 1. The fourth-order valence-electron chi connectivity index (χ4n) is 1.76. The molecular weight excluding hydrogens is 196 g/mol. The molecular formula is C11H12O4. The van der Waals surface area contributed by atoms with Gasteiger partial charge in [0, 0.05) is 0 Å². The molecule has 1 saturated heterocycles. The maximum Gasteiger partial charge on any atom is 0.306 e. The third kappa shape index (κ3) is 2.03. The summed E-state index contributed by atoms with van der Waals surface area (Å²) in [6, 6.07) is 4.65. The summed E-state index contributed by atoms with van der Waals surface area (Å²) in [5, 5.41) is 18.5. The zero-order chi connectivity index (χ0) is 10.8. The predicted molar refractivity (Wildman–Crippen MR) is 52.7 cm³/mol. The van der Waals surface area contributed by atoms with Crippen molar-refractivity contribution in [2.75, 3.05) is 6.61 Å². The van der Waals surface area contributed by atoms with Gasteiger partial charge in [0.25, 0.3) is 0 Å². The summed E-state index contributed by atoms with van der Waals surface area (Å²) in [4.78, 5) is 11.1. The van der Waals surface area contributed by atoms with Gasteiger partial charge < -0.3 is 14.9 Å². The van der Waals surface area contributed by atoms with E-state index >= 15 is 0 Å². The van der Waals surface area contributed by atoms with E-state index < -0.39 is 0 Å². The Hall–Kier alpha value is -1.71. The number of hydrogen-bond acceptors (Lipinski definition) is 4. The van der Waals surface area contributed by atoms with Gasteiger partial charge in [0.1, 0.15) is 0 Å². The molecule has 15 heavy (non-hydrogen) atoms. The van der Waals surface area contributed by atoms with Crippen molar-refractivity contribution in [1.29, 1.82) is 0 Å². The molecule has 1 fully saturated rings. The van der Waals surface area contributed by atoms with Gasteiger partial charge in [-0.25, -0.2) is 0 Å². The van der Waals surface area contributed by atoms with Gasteiger partial charge in [-0.1, -0.05) is 6.07 Å². The minimum Gasteiger partial charge on any atom is -0.504 e. The lowest BCUT2D eigenvalue weighted by Gasteiger charge is -2.21. The molecule has 0 saturated carbocycles. The van der Waals surface area contributed by atoms with Crippen molar-refractivity contribution in [2.45, 2.75) is 18.8 Å². The maximum absolute atomic E-state index is 11.1. The fourth-order valence-corrected chi connectivity index (χ4v) is 1.76. The van der Waals surface area contributed by atoms with Gasteiger partial charge in [-0.3, -0.25) is 4.79 Å². The number of carbonyl (C=O) groups excluding carboxylic acids is 1. The van der Waals surface area contributed by atoms with E-state index in [1.807, 2.05) is 0 Å². The average molecular weight is 208 g/mol. The number of phenols is 2. The molecule has 1 heterocycles. The summed E-state index contributed by atoms with van der Waals surface area (Å²) in [5.41, 5.74) is 0.863. The van der Waals surface area contributed by atoms with Crippen LogP contribution in [0.5, 0.6) is 11.5 Å². The summed E-state index contributed by atoms with van der Waals surface area (Å²) in [5.74, 6) is -0.417. The quantitative estimate of drug-likeness (QED) is 0.542. The molecule has 2 N–H and O–H groups in total. The van der Waals surface area contributed by atoms with Crippen LogP contribution in [-0.2, 0) is 9.53 Å². The predicted octanol–water partition coefficient (Wildman–Crippen LogP) is 1.52. The Kier molecular flexibility index (Phi) is 2.49. The van der Waals surface area contributed by atoms with Crippen LogP contribution in [0.1, 0.15) is 24.3 Å². The van der Waals surface area contributed by atoms with E-state index in [0.717, 1.165) is 12.0 Å². The highest BCUT2D eigenvalue weighted by atomic mass is 16.5. The highest BCUT2D eigenvalue weighted by Gasteiger charge is 2.22. The van der Waals surface area contributed by atoms with Crippen molar-refractivity contribution in [1.82, 2.24) is 0 Å². The number of phenolic OH excluding ortho intramolecular Hbond substituents is 2. The first-order chi connectivity index (χ1) is 7.16. The van der Waals surface area contributed by atoms with Gasteiger partial charge in [0.2, 0.25) is 0 Å². The molecule has 0 aromatic heterocycles. The number of ether oxygens (including phenoxy) is 1. The molecule has 1 aliphatic heterocycles. The number of aromatic hydroxyl groups is 2. The third-order valence-electron chi connectivity index (χ3n) is 2.61. The molecule has 1 aromatic carbocycles. The van der Waals surface area contributed by atoms with Crippen LogP contribution in [0.15, 0.2) is 18.2 Å².